The highest BCUT2D eigenvalue weighted by Crippen LogP contribution is 1.99. The van der Waals surface area contributed by atoms with E-state index in [2.05, 4.69) is 5.32 Å². The number of carboxylic acid groups (broad SMARTS) is 2. The summed E-state index contributed by atoms with van der Waals surface area (Å²) < 4.78 is 21.3. The zero-order valence-electron chi connectivity index (χ0n) is 17.4. The molecule has 0 aromatic rings. The molecule has 0 aliphatic carbocycles. The molecule has 0 aliphatic rings. The van der Waals surface area contributed by atoms with Gasteiger partial charge >= 0.3 is 11.9 Å². The number of hydrogen-bond acceptors (Lipinski definition) is 8. The third-order valence-corrected chi connectivity index (χ3v) is 3.83. The highest BCUT2D eigenvalue weighted by atomic mass is 16.6. The van der Waals surface area contributed by atoms with E-state index in [-0.39, 0.29) is 24.5 Å². The maximum Gasteiger partial charge on any atom is 0.320 e. The summed E-state index contributed by atoms with van der Waals surface area (Å²) in [5.41, 5.74) is 0. The maximum atomic E-state index is 11.4. The first-order valence-electron chi connectivity index (χ1n) is 9.86. The third-order valence-electron chi connectivity index (χ3n) is 3.83. The van der Waals surface area contributed by atoms with Crippen LogP contribution in [0.5, 0.6) is 0 Å². The quantitative estimate of drug-likeness (QED) is 0.225. The number of ether oxygens (including phenoxy) is 4. The largest absolute Gasteiger partial charge is 0.481 e. The van der Waals surface area contributed by atoms with Crippen molar-refractivity contribution < 1.29 is 43.5 Å². The Morgan fingerprint density at radius 2 is 1.24 bits per heavy atom. The van der Waals surface area contributed by atoms with Crippen molar-refractivity contribution in [1.29, 1.82) is 0 Å². The van der Waals surface area contributed by atoms with Crippen molar-refractivity contribution in [3.8, 4) is 0 Å². The molecule has 29 heavy (non-hydrogen) atoms. The molecule has 0 aromatic heterocycles. The third kappa shape index (κ3) is 18.2. The number of ketones is 1. The van der Waals surface area contributed by atoms with Crippen molar-refractivity contribution in [2.75, 3.05) is 59.4 Å². The van der Waals surface area contributed by atoms with Gasteiger partial charge in [0.2, 0.25) is 0 Å². The van der Waals surface area contributed by atoms with E-state index in [1.165, 1.54) is 0 Å². The molecule has 1 unspecified atom stereocenters. The van der Waals surface area contributed by atoms with Crippen molar-refractivity contribution in [3.63, 3.8) is 0 Å². The smallest absolute Gasteiger partial charge is 0.320 e. The lowest BCUT2D eigenvalue weighted by Crippen LogP contribution is -2.39. The predicted octanol–water partition coefficient (Wildman–Crippen LogP) is 0.576. The number of hydrogen-bond donors (Lipinski definition) is 3. The van der Waals surface area contributed by atoms with Crippen LogP contribution in [0.15, 0.2) is 0 Å². The fraction of sp³-hybridized carbons (Fsp3) is 0.842. The first-order chi connectivity index (χ1) is 13.8. The minimum Gasteiger partial charge on any atom is -0.481 e. The number of carbonyl (C=O) groups excluding carboxylic acids is 1. The van der Waals surface area contributed by atoms with Crippen LogP contribution >= 0.6 is 0 Å². The molecule has 0 saturated carbocycles. The molecule has 0 radical (unpaired) electrons. The molecule has 0 aromatic carbocycles. The van der Waals surface area contributed by atoms with E-state index in [1.54, 1.807) is 0 Å². The van der Waals surface area contributed by atoms with Crippen LogP contribution < -0.4 is 5.32 Å². The van der Waals surface area contributed by atoms with Crippen LogP contribution in [0.25, 0.3) is 0 Å². The highest BCUT2D eigenvalue weighted by molar-refractivity contribution is 5.80. The lowest BCUT2D eigenvalue weighted by molar-refractivity contribution is -0.140. The summed E-state index contributed by atoms with van der Waals surface area (Å²) in [5.74, 6) is -1.87. The molecule has 170 valence electrons. The van der Waals surface area contributed by atoms with Gasteiger partial charge in [-0.1, -0.05) is 13.8 Å². The van der Waals surface area contributed by atoms with Gasteiger partial charge in [0.15, 0.2) is 0 Å². The van der Waals surface area contributed by atoms with Crippen molar-refractivity contribution >= 4 is 17.7 Å². The number of carboxylic acids is 2. The molecule has 10 heteroatoms. The molecule has 10 nitrogen and oxygen atoms in total. The van der Waals surface area contributed by atoms with Gasteiger partial charge in [0.05, 0.1) is 52.9 Å². The van der Waals surface area contributed by atoms with Gasteiger partial charge in [-0.05, 0) is 6.42 Å². The molecule has 0 heterocycles. The van der Waals surface area contributed by atoms with Crippen LogP contribution in [0.3, 0.4) is 0 Å². The normalized spacial score (nSPS) is 12.2. The monoisotopic (exact) mass is 421 g/mol. The summed E-state index contributed by atoms with van der Waals surface area (Å²) in [7, 11) is 0. The summed E-state index contributed by atoms with van der Waals surface area (Å²) in [4.78, 5) is 32.8. The van der Waals surface area contributed by atoms with Crippen molar-refractivity contribution in [3.05, 3.63) is 0 Å². The molecule has 0 fully saturated rings. The predicted molar refractivity (Wildman–Crippen MR) is 104 cm³/mol. The standard InChI is InChI=1S/C19H35NO9/c1-15(2)17(21)5-7-26-9-11-28-13-14-29-12-10-27-8-6-20-16(19(24)25)3-4-18(22)23/h15-16,20H,3-14H2,1-2H3,(H,22,23)(H,24,25). The van der Waals surface area contributed by atoms with Crippen molar-refractivity contribution in [1.82, 2.24) is 5.32 Å². The molecule has 3 N–H and O–H groups in total. The average molecular weight is 421 g/mol. The Bertz CT molecular complexity index is 457. The summed E-state index contributed by atoms with van der Waals surface area (Å²) >= 11 is 0. The van der Waals surface area contributed by atoms with Crippen molar-refractivity contribution in [2.45, 2.75) is 39.2 Å². The molecular weight excluding hydrogens is 386 g/mol. The van der Waals surface area contributed by atoms with Gasteiger partial charge in [0.25, 0.3) is 0 Å². The van der Waals surface area contributed by atoms with E-state index in [1.807, 2.05) is 13.8 Å². The number of aliphatic carboxylic acids is 2. The molecule has 0 rings (SSSR count). The summed E-state index contributed by atoms with van der Waals surface area (Å²) in [6.45, 7) is 7.23. The van der Waals surface area contributed by atoms with E-state index >= 15 is 0 Å². The minimum atomic E-state index is -1.08. The van der Waals surface area contributed by atoms with Crippen LogP contribution in [-0.4, -0.2) is 93.4 Å². The average Bonchev–Trinajstić information content (AvgIpc) is 2.66. The van der Waals surface area contributed by atoms with Gasteiger partial charge in [-0.15, -0.1) is 0 Å². The van der Waals surface area contributed by atoms with Gasteiger partial charge in [0, 0.05) is 25.3 Å². The molecule has 0 bridgehead atoms. The molecule has 0 amide bonds. The topological polar surface area (TPSA) is 141 Å². The summed E-state index contributed by atoms with van der Waals surface area (Å²) in [5, 5.41) is 20.3. The maximum absolute atomic E-state index is 11.4. The molecule has 0 aliphatic heterocycles. The molecule has 1 atom stereocenters. The van der Waals surface area contributed by atoms with Crippen LogP contribution in [0.4, 0.5) is 0 Å². The summed E-state index contributed by atoms with van der Waals surface area (Å²) in [6.07, 6.45) is 0.245. The summed E-state index contributed by atoms with van der Waals surface area (Å²) in [6, 6.07) is -0.900. The zero-order valence-corrected chi connectivity index (χ0v) is 17.4. The number of nitrogens with one attached hydrogen (secondary N) is 1. The lowest BCUT2D eigenvalue weighted by Gasteiger charge is -2.13. The van der Waals surface area contributed by atoms with Gasteiger partial charge < -0.3 is 34.5 Å². The second kappa shape index (κ2) is 18.4. The van der Waals surface area contributed by atoms with Crippen LogP contribution in [-0.2, 0) is 33.3 Å². The fourth-order valence-electron chi connectivity index (χ4n) is 2.11. The lowest BCUT2D eigenvalue weighted by atomic mass is 10.1. The van der Waals surface area contributed by atoms with E-state index in [0.29, 0.717) is 65.8 Å². The van der Waals surface area contributed by atoms with Crippen LogP contribution in [0, 0.1) is 5.92 Å². The Kier molecular flexibility index (Phi) is 17.4. The van der Waals surface area contributed by atoms with Gasteiger partial charge in [-0.2, -0.15) is 0 Å². The highest BCUT2D eigenvalue weighted by Gasteiger charge is 2.17. The zero-order chi connectivity index (χ0) is 21.9. The van der Waals surface area contributed by atoms with Crippen LogP contribution in [0.2, 0.25) is 0 Å². The second-order valence-electron chi connectivity index (χ2n) is 6.60. The first kappa shape index (κ1) is 27.4. The first-order valence-corrected chi connectivity index (χ1v) is 9.86. The van der Waals surface area contributed by atoms with E-state index in [4.69, 9.17) is 29.2 Å². The number of Topliss-reactive ketones (excluding diaryl/α,β-unsaturated/α-hetero) is 1. The number of carbonyl (C=O) groups is 3. The molecule has 0 spiro atoms. The molecule has 0 saturated heterocycles. The second-order valence-corrected chi connectivity index (χ2v) is 6.60. The fourth-order valence-corrected chi connectivity index (χ4v) is 2.11. The molecular formula is C19H35NO9. The van der Waals surface area contributed by atoms with Gasteiger partial charge in [-0.3, -0.25) is 14.4 Å². The SMILES string of the molecule is CC(C)C(=O)CCOCCOCCOCCOCCNC(CCC(=O)O)C(=O)O. The Balaban J connectivity index is 3.35. The minimum absolute atomic E-state index is 0.0227. The number of rotatable bonds is 21. The van der Waals surface area contributed by atoms with Gasteiger partial charge in [0.1, 0.15) is 11.8 Å². The Labute approximate surface area is 171 Å². The van der Waals surface area contributed by atoms with Gasteiger partial charge in [-0.25, -0.2) is 0 Å². The van der Waals surface area contributed by atoms with Crippen molar-refractivity contribution in [2.24, 2.45) is 5.92 Å². The Morgan fingerprint density at radius 3 is 1.69 bits per heavy atom. The Hall–Kier alpha value is -1.59. The van der Waals surface area contributed by atoms with E-state index in [0.717, 1.165) is 0 Å². The van der Waals surface area contributed by atoms with E-state index in [9.17, 15) is 14.4 Å². The van der Waals surface area contributed by atoms with E-state index < -0.39 is 18.0 Å². The van der Waals surface area contributed by atoms with Crippen LogP contribution in [0.1, 0.15) is 33.1 Å². The Morgan fingerprint density at radius 1 is 0.759 bits per heavy atom.